The summed E-state index contributed by atoms with van der Waals surface area (Å²) >= 11 is 0. The third kappa shape index (κ3) is 4.47. The number of carbonyl (C=O) groups excluding carboxylic acids is 2. The summed E-state index contributed by atoms with van der Waals surface area (Å²) in [5.41, 5.74) is 1.34. The molecule has 1 N–H and O–H groups in total. The highest BCUT2D eigenvalue weighted by Gasteiger charge is 2.45. The number of aliphatic hydroxyl groups is 1. The maximum absolute atomic E-state index is 13.2. The normalized spacial score (nSPS) is 17.8. The molecule has 1 heterocycles. The Kier molecular flexibility index (Phi) is 6.47. The van der Waals surface area contributed by atoms with E-state index in [0.717, 1.165) is 22.9 Å². The zero-order valence-corrected chi connectivity index (χ0v) is 19.1. The van der Waals surface area contributed by atoms with Crippen LogP contribution in [0.2, 0.25) is 0 Å². The van der Waals surface area contributed by atoms with Crippen molar-refractivity contribution in [2.45, 2.75) is 12.5 Å². The van der Waals surface area contributed by atoms with Gasteiger partial charge in [0, 0.05) is 12.1 Å². The summed E-state index contributed by atoms with van der Waals surface area (Å²) in [5.74, 6) is -0.804. The molecule has 3 aromatic rings. The Hall–Kier alpha value is -3.64. The van der Waals surface area contributed by atoms with Crippen LogP contribution in [0.3, 0.4) is 0 Å². The smallest absolute Gasteiger partial charge is 0.295 e. The van der Waals surface area contributed by atoms with E-state index in [0.29, 0.717) is 24.3 Å². The fourth-order valence-corrected chi connectivity index (χ4v) is 4.32. The quantitative estimate of drug-likeness (QED) is 0.336. The molecule has 6 heteroatoms. The minimum Gasteiger partial charge on any atom is -0.507 e. The molecule has 0 aliphatic carbocycles. The maximum atomic E-state index is 13.2. The Balaban J connectivity index is 1.83. The lowest BCUT2D eigenvalue weighted by Crippen LogP contribution is -2.32. The molecule has 4 rings (SSSR count). The number of carbonyl (C=O) groups is 2. The average molecular weight is 445 g/mol. The molecule has 33 heavy (non-hydrogen) atoms. The lowest BCUT2D eigenvalue weighted by molar-refractivity contribution is -0.139. The van der Waals surface area contributed by atoms with Gasteiger partial charge in [-0.1, -0.05) is 48.5 Å². The van der Waals surface area contributed by atoms with Gasteiger partial charge in [0.15, 0.2) is 0 Å². The van der Waals surface area contributed by atoms with Gasteiger partial charge in [-0.05, 0) is 61.6 Å². The summed E-state index contributed by atoms with van der Waals surface area (Å²) in [7, 11) is 5.50. The van der Waals surface area contributed by atoms with Gasteiger partial charge in [-0.15, -0.1) is 0 Å². The molecular weight excluding hydrogens is 416 g/mol. The molecule has 3 aromatic carbocycles. The fraction of sp³-hybridized carbons (Fsp3) is 0.259. The fourth-order valence-electron chi connectivity index (χ4n) is 4.32. The van der Waals surface area contributed by atoms with E-state index in [1.54, 1.807) is 18.1 Å². The summed E-state index contributed by atoms with van der Waals surface area (Å²) in [6, 6.07) is 19.9. The molecule has 0 saturated carbocycles. The predicted octanol–water partition coefficient (Wildman–Crippen LogP) is 4.22. The van der Waals surface area contributed by atoms with E-state index in [2.05, 4.69) is 0 Å². The number of ether oxygens (including phenoxy) is 1. The van der Waals surface area contributed by atoms with Gasteiger partial charge in [-0.2, -0.15) is 0 Å². The number of fused-ring (bicyclic) bond motifs is 1. The first-order chi connectivity index (χ1) is 15.9. The van der Waals surface area contributed by atoms with Gasteiger partial charge in [0.1, 0.15) is 11.5 Å². The zero-order valence-electron chi connectivity index (χ0n) is 19.1. The van der Waals surface area contributed by atoms with Crippen molar-refractivity contribution in [3.05, 3.63) is 83.4 Å². The first kappa shape index (κ1) is 22.6. The standard InChI is InChI=1S/C27H28N2O4/c1-28(2)14-7-15-29-24(20-10-6-11-22(17-20)33-3)23(26(31)27(29)32)25(30)21-13-12-18-8-4-5-9-19(18)16-21/h4-6,8-13,16-17,24,30H,7,14-15H2,1-3H3/b25-23-. The molecule has 1 aliphatic rings. The van der Waals surface area contributed by atoms with Gasteiger partial charge in [0.05, 0.1) is 18.7 Å². The lowest BCUT2D eigenvalue weighted by Gasteiger charge is -2.26. The number of Topliss-reactive ketones (excluding diaryl/α,β-unsaturated/α-hetero) is 1. The van der Waals surface area contributed by atoms with E-state index >= 15 is 0 Å². The van der Waals surface area contributed by atoms with Crippen molar-refractivity contribution in [1.82, 2.24) is 9.80 Å². The van der Waals surface area contributed by atoms with E-state index in [1.807, 2.05) is 79.7 Å². The van der Waals surface area contributed by atoms with Crippen LogP contribution in [0.25, 0.3) is 16.5 Å². The molecular formula is C27H28N2O4. The number of methoxy groups -OCH3 is 1. The summed E-state index contributed by atoms with van der Waals surface area (Å²) in [6.07, 6.45) is 0.705. The van der Waals surface area contributed by atoms with Crippen molar-refractivity contribution in [2.75, 3.05) is 34.3 Å². The summed E-state index contributed by atoms with van der Waals surface area (Å²) in [6.45, 7) is 1.18. The van der Waals surface area contributed by atoms with Crippen LogP contribution in [-0.2, 0) is 9.59 Å². The molecule has 170 valence electrons. The van der Waals surface area contributed by atoms with Crippen molar-refractivity contribution >= 4 is 28.2 Å². The molecule has 0 aromatic heterocycles. The molecule has 1 atom stereocenters. The van der Waals surface area contributed by atoms with Gasteiger partial charge in [0.25, 0.3) is 11.7 Å². The number of hydrogen-bond acceptors (Lipinski definition) is 5. The number of likely N-dealkylation sites (tertiary alicyclic amines) is 1. The molecule has 1 aliphatic heterocycles. The Labute approximate surface area is 193 Å². The first-order valence-corrected chi connectivity index (χ1v) is 11.0. The van der Waals surface area contributed by atoms with Gasteiger partial charge < -0.3 is 19.6 Å². The van der Waals surface area contributed by atoms with Crippen LogP contribution in [0, 0.1) is 0 Å². The van der Waals surface area contributed by atoms with Gasteiger partial charge in [0.2, 0.25) is 0 Å². The average Bonchev–Trinajstić information content (AvgIpc) is 3.08. The Morgan fingerprint density at radius 1 is 1.00 bits per heavy atom. The second-order valence-electron chi connectivity index (χ2n) is 8.49. The van der Waals surface area contributed by atoms with Crippen LogP contribution >= 0.6 is 0 Å². The highest BCUT2D eigenvalue weighted by Crippen LogP contribution is 2.40. The SMILES string of the molecule is COc1cccc(C2/C(=C(/O)c3ccc4ccccc4c3)C(=O)C(=O)N2CCCN(C)C)c1. The largest absolute Gasteiger partial charge is 0.507 e. The Bertz CT molecular complexity index is 1230. The number of nitrogens with zero attached hydrogens (tertiary/aromatic N) is 2. The molecule has 0 spiro atoms. The number of rotatable bonds is 7. The Morgan fingerprint density at radius 3 is 2.48 bits per heavy atom. The highest BCUT2D eigenvalue weighted by molar-refractivity contribution is 6.46. The van der Waals surface area contributed by atoms with Crippen LogP contribution < -0.4 is 4.74 Å². The lowest BCUT2D eigenvalue weighted by atomic mass is 9.94. The van der Waals surface area contributed by atoms with E-state index in [4.69, 9.17) is 4.74 Å². The van der Waals surface area contributed by atoms with E-state index in [-0.39, 0.29) is 11.3 Å². The van der Waals surface area contributed by atoms with E-state index in [9.17, 15) is 14.7 Å². The van der Waals surface area contributed by atoms with Crippen LogP contribution in [0.1, 0.15) is 23.6 Å². The second-order valence-corrected chi connectivity index (χ2v) is 8.49. The van der Waals surface area contributed by atoms with Crippen LogP contribution in [0.4, 0.5) is 0 Å². The Morgan fingerprint density at radius 2 is 1.76 bits per heavy atom. The monoisotopic (exact) mass is 444 g/mol. The highest BCUT2D eigenvalue weighted by atomic mass is 16.5. The third-order valence-corrected chi connectivity index (χ3v) is 5.98. The van der Waals surface area contributed by atoms with E-state index in [1.165, 1.54) is 0 Å². The first-order valence-electron chi connectivity index (χ1n) is 11.0. The van der Waals surface area contributed by atoms with Gasteiger partial charge in [-0.25, -0.2) is 0 Å². The number of benzene rings is 3. The van der Waals surface area contributed by atoms with Gasteiger partial charge >= 0.3 is 0 Å². The number of aliphatic hydroxyl groups excluding tert-OH is 1. The van der Waals surface area contributed by atoms with Crippen molar-refractivity contribution in [1.29, 1.82) is 0 Å². The minimum absolute atomic E-state index is 0.105. The molecule has 1 amide bonds. The van der Waals surface area contributed by atoms with Crippen LogP contribution in [-0.4, -0.2) is 60.9 Å². The number of hydrogen-bond donors (Lipinski definition) is 1. The van der Waals surface area contributed by atoms with Crippen molar-refractivity contribution in [3.8, 4) is 5.75 Å². The van der Waals surface area contributed by atoms with Crippen molar-refractivity contribution in [2.24, 2.45) is 0 Å². The summed E-state index contributed by atoms with van der Waals surface area (Å²) in [5, 5.41) is 13.3. The molecule has 1 fully saturated rings. The maximum Gasteiger partial charge on any atom is 0.295 e. The van der Waals surface area contributed by atoms with Crippen molar-refractivity contribution < 1.29 is 19.4 Å². The summed E-state index contributed by atoms with van der Waals surface area (Å²) < 4.78 is 5.37. The minimum atomic E-state index is -0.686. The molecule has 0 bridgehead atoms. The van der Waals surface area contributed by atoms with Crippen molar-refractivity contribution in [3.63, 3.8) is 0 Å². The zero-order chi connectivity index (χ0) is 23.5. The third-order valence-electron chi connectivity index (χ3n) is 5.98. The molecule has 6 nitrogen and oxygen atoms in total. The second kappa shape index (κ2) is 9.46. The van der Waals surface area contributed by atoms with Gasteiger partial charge in [-0.3, -0.25) is 9.59 Å². The topological polar surface area (TPSA) is 70.1 Å². The predicted molar refractivity (Wildman–Crippen MR) is 129 cm³/mol. The molecule has 1 unspecified atom stereocenters. The van der Waals surface area contributed by atoms with Crippen LogP contribution in [0.5, 0.6) is 5.75 Å². The van der Waals surface area contributed by atoms with E-state index < -0.39 is 17.7 Å². The number of ketones is 1. The summed E-state index contributed by atoms with van der Waals surface area (Å²) in [4.78, 5) is 29.8. The molecule has 1 saturated heterocycles. The van der Waals surface area contributed by atoms with Crippen LogP contribution in [0.15, 0.2) is 72.3 Å². The number of amides is 1. The molecule has 0 radical (unpaired) electrons.